The van der Waals surface area contributed by atoms with Crippen LogP contribution in [0.3, 0.4) is 0 Å². The zero-order valence-electron chi connectivity index (χ0n) is 11.1. The van der Waals surface area contributed by atoms with Gasteiger partial charge in [0.05, 0.1) is 0 Å². The minimum Gasteiger partial charge on any atom is -0.489 e. The van der Waals surface area contributed by atoms with Crippen LogP contribution >= 0.6 is 23.8 Å². The van der Waals surface area contributed by atoms with Gasteiger partial charge in [-0.15, -0.1) is 0 Å². The van der Waals surface area contributed by atoms with Crippen LogP contribution in [0.4, 0.5) is 0 Å². The molecule has 3 nitrogen and oxygen atoms in total. The van der Waals surface area contributed by atoms with Gasteiger partial charge in [0.2, 0.25) is 0 Å². The van der Waals surface area contributed by atoms with Crippen molar-refractivity contribution in [2.45, 2.75) is 20.0 Å². The van der Waals surface area contributed by atoms with Gasteiger partial charge in [-0.1, -0.05) is 36.8 Å². The molecular weight excluding hydrogens is 292 g/mol. The Morgan fingerprint density at radius 3 is 2.85 bits per heavy atom. The predicted octanol–water partition coefficient (Wildman–Crippen LogP) is 3.51. The lowest BCUT2D eigenvalue weighted by Gasteiger charge is -2.11. The number of aryl methyl sites for hydroxylation is 1. The number of rotatable bonds is 5. The maximum atomic E-state index is 6.08. The minimum absolute atomic E-state index is 0.273. The van der Waals surface area contributed by atoms with Crippen LogP contribution in [0.5, 0.6) is 5.75 Å². The summed E-state index contributed by atoms with van der Waals surface area (Å²) in [5.41, 5.74) is 8.18. The molecule has 1 aromatic carbocycles. The zero-order valence-corrected chi connectivity index (χ0v) is 12.7. The van der Waals surface area contributed by atoms with Crippen molar-refractivity contribution in [1.29, 1.82) is 0 Å². The molecule has 2 N–H and O–H groups in total. The number of pyridine rings is 1. The van der Waals surface area contributed by atoms with Gasteiger partial charge in [-0.2, -0.15) is 0 Å². The Balaban J connectivity index is 2.15. The molecule has 0 aliphatic rings. The van der Waals surface area contributed by atoms with E-state index < -0.39 is 0 Å². The van der Waals surface area contributed by atoms with Crippen LogP contribution in [-0.2, 0) is 13.0 Å². The lowest BCUT2D eigenvalue weighted by Crippen LogP contribution is -2.15. The van der Waals surface area contributed by atoms with Gasteiger partial charge in [0.25, 0.3) is 0 Å². The summed E-state index contributed by atoms with van der Waals surface area (Å²) in [5.74, 6) is 0.768. The van der Waals surface area contributed by atoms with Crippen molar-refractivity contribution in [2.75, 3.05) is 0 Å². The van der Waals surface area contributed by atoms with Gasteiger partial charge < -0.3 is 10.5 Å². The van der Waals surface area contributed by atoms with Gasteiger partial charge in [0.1, 0.15) is 23.0 Å². The molecule has 0 saturated heterocycles. The molecule has 0 amide bonds. The van der Waals surface area contributed by atoms with Gasteiger partial charge in [-0.25, -0.2) is 0 Å². The molecule has 104 valence electrons. The number of thiocarbonyl (C=S) groups is 1. The minimum atomic E-state index is 0.273. The maximum absolute atomic E-state index is 6.08. The summed E-state index contributed by atoms with van der Waals surface area (Å²) in [6, 6.07) is 9.36. The van der Waals surface area contributed by atoms with Crippen molar-refractivity contribution in [3.05, 3.63) is 58.4 Å². The second-order valence-corrected chi connectivity index (χ2v) is 5.12. The van der Waals surface area contributed by atoms with E-state index in [4.69, 9.17) is 34.3 Å². The van der Waals surface area contributed by atoms with Gasteiger partial charge in [0, 0.05) is 16.8 Å². The number of nitrogens with zero attached hydrogens (tertiary/aromatic N) is 1. The Morgan fingerprint density at radius 2 is 2.15 bits per heavy atom. The summed E-state index contributed by atoms with van der Waals surface area (Å²) in [4.78, 5) is 4.44. The van der Waals surface area contributed by atoms with E-state index in [2.05, 4.69) is 11.9 Å². The molecule has 0 fully saturated rings. The van der Waals surface area contributed by atoms with Crippen molar-refractivity contribution in [3.63, 3.8) is 0 Å². The van der Waals surface area contributed by atoms with Crippen molar-refractivity contribution >= 4 is 28.8 Å². The highest BCUT2D eigenvalue weighted by Gasteiger charge is 2.07. The van der Waals surface area contributed by atoms with Crippen LogP contribution in [0.2, 0.25) is 5.02 Å². The highest BCUT2D eigenvalue weighted by molar-refractivity contribution is 7.80. The van der Waals surface area contributed by atoms with E-state index in [0.29, 0.717) is 12.3 Å². The quantitative estimate of drug-likeness (QED) is 0.859. The van der Waals surface area contributed by atoms with E-state index >= 15 is 0 Å². The fourth-order valence-electron chi connectivity index (χ4n) is 1.85. The molecule has 20 heavy (non-hydrogen) atoms. The highest BCUT2D eigenvalue weighted by atomic mass is 35.5. The van der Waals surface area contributed by atoms with Crippen LogP contribution in [-0.4, -0.2) is 9.97 Å². The van der Waals surface area contributed by atoms with Crippen molar-refractivity contribution in [2.24, 2.45) is 5.73 Å². The van der Waals surface area contributed by atoms with E-state index in [1.54, 1.807) is 6.20 Å². The topological polar surface area (TPSA) is 48.1 Å². The first kappa shape index (κ1) is 14.8. The van der Waals surface area contributed by atoms with Gasteiger partial charge in [0.15, 0.2) is 0 Å². The first-order chi connectivity index (χ1) is 9.61. The standard InChI is InChI=1S/C15H15ClN2OS/c1-2-10-8-12(5-6-13(10)16)19-9-11-4-3-7-18-14(11)15(17)20/h3-8H,2,9H2,1H3,(H2,17,20). The molecule has 2 aromatic rings. The normalized spacial score (nSPS) is 10.3. The van der Waals surface area contributed by atoms with Gasteiger partial charge >= 0.3 is 0 Å². The lowest BCUT2D eigenvalue weighted by molar-refractivity contribution is 0.305. The largest absolute Gasteiger partial charge is 0.489 e. The summed E-state index contributed by atoms with van der Waals surface area (Å²) >= 11 is 11.1. The van der Waals surface area contributed by atoms with Gasteiger partial charge in [-0.05, 0) is 36.2 Å². The molecular formula is C15H15ClN2OS. The highest BCUT2D eigenvalue weighted by Crippen LogP contribution is 2.23. The molecule has 0 unspecified atom stereocenters. The van der Waals surface area contributed by atoms with Crippen LogP contribution in [0.25, 0.3) is 0 Å². The molecule has 0 aliphatic carbocycles. The Bertz CT molecular complexity index is 631. The molecule has 0 atom stereocenters. The summed E-state index contributed by atoms with van der Waals surface area (Å²) in [5, 5.41) is 0.755. The number of hydrogen-bond acceptors (Lipinski definition) is 3. The van der Waals surface area contributed by atoms with E-state index in [1.807, 2.05) is 30.3 Å². The third-order valence-electron chi connectivity index (χ3n) is 2.92. The fraction of sp³-hybridized carbons (Fsp3) is 0.200. The van der Waals surface area contributed by atoms with E-state index in [9.17, 15) is 0 Å². The SMILES string of the molecule is CCc1cc(OCc2cccnc2C(N)=S)ccc1Cl. The summed E-state index contributed by atoms with van der Waals surface area (Å²) in [6.45, 7) is 2.42. The van der Waals surface area contributed by atoms with E-state index in [-0.39, 0.29) is 4.99 Å². The molecule has 5 heteroatoms. The summed E-state index contributed by atoms with van der Waals surface area (Å²) < 4.78 is 5.77. The van der Waals surface area contributed by atoms with Crippen LogP contribution in [0.15, 0.2) is 36.5 Å². The second kappa shape index (κ2) is 6.68. The van der Waals surface area contributed by atoms with Crippen LogP contribution < -0.4 is 10.5 Å². The molecule has 2 rings (SSSR count). The third kappa shape index (κ3) is 3.46. The Kier molecular flexibility index (Phi) is 4.93. The zero-order chi connectivity index (χ0) is 14.5. The summed E-state index contributed by atoms with van der Waals surface area (Å²) in [7, 11) is 0. The van der Waals surface area contributed by atoms with Crippen molar-refractivity contribution in [1.82, 2.24) is 4.98 Å². The number of nitrogens with two attached hydrogens (primary N) is 1. The fourth-order valence-corrected chi connectivity index (χ4v) is 2.28. The van der Waals surface area contributed by atoms with E-state index in [0.717, 1.165) is 28.3 Å². The first-order valence-corrected chi connectivity index (χ1v) is 7.05. The second-order valence-electron chi connectivity index (χ2n) is 4.27. The molecule has 1 heterocycles. The lowest BCUT2D eigenvalue weighted by atomic mass is 10.1. The van der Waals surface area contributed by atoms with Crippen LogP contribution in [0, 0.1) is 0 Å². The van der Waals surface area contributed by atoms with Crippen molar-refractivity contribution in [3.8, 4) is 5.75 Å². The number of halogens is 1. The van der Waals surface area contributed by atoms with E-state index in [1.165, 1.54) is 0 Å². The third-order valence-corrected chi connectivity index (χ3v) is 3.48. The Morgan fingerprint density at radius 1 is 1.35 bits per heavy atom. The van der Waals surface area contributed by atoms with Gasteiger partial charge in [-0.3, -0.25) is 4.98 Å². The average Bonchev–Trinajstić information content (AvgIpc) is 2.46. The smallest absolute Gasteiger partial charge is 0.123 e. The molecule has 0 spiro atoms. The predicted molar refractivity (Wildman–Crippen MR) is 85.3 cm³/mol. The molecule has 0 radical (unpaired) electrons. The molecule has 0 saturated carbocycles. The monoisotopic (exact) mass is 306 g/mol. The number of ether oxygens (including phenoxy) is 1. The average molecular weight is 307 g/mol. The Labute approximate surface area is 128 Å². The Hall–Kier alpha value is -1.65. The summed E-state index contributed by atoms with van der Waals surface area (Å²) in [6.07, 6.45) is 2.52. The van der Waals surface area contributed by atoms with Crippen molar-refractivity contribution < 1.29 is 4.74 Å². The number of hydrogen-bond donors (Lipinski definition) is 1. The number of aromatic nitrogens is 1. The molecule has 1 aromatic heterocycles. The molecule has 0 bridgehead atoms. The first-order valence-electron chi connectivity index (χ1n) is 6.26. The number of benzene rings is 1. The molecule has 0 aliphatic heterocycles. The van der Waals surface area contributed by atoms with Crippen LogP contribution in [0.1, 0.15) is 23.7 Å². The maximum Gasteiger partial charge on any atom is 0.123 e.